The van der Waals surface area contributed by atoms with Gasteiger partial charge in [0.2, 0.25) is 11.8 Å². The summed E-state index contributed by atoms with van der Waals surface area (Å²) < 4.78 is 0. The molecule has 23 heavy (non-hydrogen) atoms. The standard InChI is InChI=1S/C19H28N2O2/c1-15-7-9-16(10-8-15)11-12-18(22)20-13-14-21-19(23)17-5-3-2-4-6-17/h7-10,17H,2-6,11-14H2,1H3,(H,20,22)(H,21,23). The van der Waals surface area contributed by atoms with Crippen molar-refractivity contribution in [3.05, 3.63) is 35.4 Å². The fourth-order valence-electron chi connectivity index (χ4n) is 3.00. The molecule has 1 fully saturated rings. The van der Waals surface area contributed by atoms with Crippen LogP contribution < -0.4 is 10.6 Å². The van der Waals surface area contributed by atoms with Crippen molar-refractivity contribution in [3.63, 3.8) is 0 Å². The van der Waals surface area contributed by atoms with E-state index >= 15 is 0 Å². The van der Waals surface area contributed by atoms with E-state index in [0.29, 0.717) is 19.5 Å². The van der Waals surface area contributed by atoms with E-state index in [-0.39, 0.29) is 17.7 Å². The smallest absolute Gasteiger partial charge is 0.223 e. The number of hydrogen-bond acceptors (Lipinski definition) is 2. The summed E-state index contributed by atoms with van der Waals surface area (Å²) in [6.45, 7) is 3.08. The topological polar surface area (TPSA) is 58.2 Å². The van der Waals surface area contributed by atoms with Crippen LogP contribution in [-0.4, -0.2) is 24.9 Å². The number of carbonyl (C=O) groups excluding carboxylic acids is 2. The molecular weight excluding hydrogens is 288 g/mol. The number of carbonyl (C=O) groups is 2. The van der Waals surface area contributed by atoms with Gasteiger partial charge in [-0.3, -0.25) is 9.59 Å². The molecule has 0 radical (unpaired) electrons. The van der Waals surface area contributed by atoms with E-state index in [4.69, 9.17) is 0 Å². The Morgan fingerprint density at radius 1 is 1.00 bits per heavy atom. The maximum absolute atomic E-state index is 12.0. The Kier molecular flexibility index (Phi) is 7.11. The van der Waals surface area contributed by atoms with Crippen LogP contribution in [0.2, 0.25) is 0 Å². The molecule has 1 aliphatic rings. The van der Waals surface area contributed by atoms with Crippen LogP contribution in [0.4, 0.5) is 0 Å². The van der Waals surface area contributed by atoms with Gasteiger partial charge in [0.25, 0.3) is 0 Å². The molecule has 1 aromatic rings. The Labute approximate surface area is 139 Å². The van der Waals surface area contributed by atoms with E-state index in [2.05, 4.69) is 41.8 Å². The number of nitrogens with one attached hydrogen (secondary N) is 2. The molecule has 4 heteroatoms. The number of rotatable bonds is 7. The molecule has 0 aromatic heterocycles. The largest absolute Gasteiger partial charge is 0.354 e. The van der Waals surface area contributed by atoms with Crippen LogP contribution in [-0.2, 0) is 16.0 Å². The molecule has 2 N–H and O–H groups in total. The van der Waals surface area contributed by atoms with Gasteiger partial charge in [-0.25, -0.2) is 0 Å². The van der Waals surface area contributed by atoms with Crippen molar-refractivity contribution >= 4 is 11.8 Å². The highest BCUT2D eigenvalue weighted by Gasteiger charge is 2.20. The molecule has 0 saturated heterocycles. The minimum Gasteiger partial charge on any atom is -0.354 e. The highest BCUT2D eigenvalue weighted by Crippen LogP contribution is 2.23. The second-order valence-corrected chi connectivity index (χ2v) is 6.46. The summed E-state index contributed by atoms with van der Waals surface area (Å²) in [4.78, 5) is 23.8. The molecule has 0 unspecified atom stereocenters. The molecule has 0 atom stereocenters. The average Bonchev–Trinajstić information content (AvgIpc) is 2.59. The predicted molar refractivity (Wildman–Crippen MR) is 92.1 cm³/mol. The zero-order valence-corrected chi connectivity index (χ0v) is 14.1. The first-order chi connectivity index (χ1) is 11.1. The van der Waals surface area contributed by atoms with E-state index in [1.54, 1.807) is 0 Å². The third kappa shape index (κ3) is 6.43. The monoisotopic (exact) mass is 316 g/mol. The van der Waals surface area contributed by atoms with Gasteiger partial charge >= 0.3 is 0 Å². The molecule has 1 aliphatic carbocycles. The summed E-state index contributed by atoms with van der Waals surface area (Å²) in [5.41, 5.74) is 2.41. The average molecular weight is 316 g/mol. The van der Waals surface area contributed by atoms with Gasteiger partial charge in [0, 0.05) is 25.4 Å². The summed E-state index contributed by atoms with van der Waals surface area (Å²) in [5, 5.41) is 5.80. The fourth-order valence-corrected chi connectivity index (χ4v) is 3.00. The van der Waals surface area contributed by atoms with Gasteiger partial charge in [0.15, 0.2) is 0 Å². The Balaban J connectivity index is 1.55. The molecule has 0 bridgehead atoms. The van der Waals surface area contributed by atoms with Crippen LogP contribution in [0.1, 0.15) is 49.7 Å². The summed E-state index contributed by atoms with van der Waals surface area (Å²) in [7, 11) is 0. The van der Waals surface area contributed by atoms with Crippen molar-refractivity contribution < 1.29 is 9.59 Å². The molecule has 2 rings (SSSR count). The lowest BCUT2D eigenvalue weighted by Crippen LogP contribution is -2.38. The first-order valence-electron chi connectivity index (χ1n) is 8.75. The number of benzene rings is 1. The summed E-state index contributed by atoms with van der Waals surface area (Å²) in [6, 6.07) is 8.25. The molecule has 126 valence electrons. The lowest BCUT2D eigenvalue weighted by Gasteiger charge is -2.20. The van der Waals surface area contributed by atoms with Gasteiger partial charge in [0.1, 0.15) is 0 Å². The van der Waals surface area contributed by atoms with Crippen LogP contribution in [0, 0.1) is 12.8 Å². The second kappa shape index (κ2) is 9.33. The first kappa shape index (κ1) is 17.5. The Morgan fingerprint density at radius 3 is 2.35 bits per heavy atom. The highest BCUT2D eigenvalue weighted by atomic mass is 16.2. The maximum atomic E-state index is 12.0. The van der Waals surface area contributed by atoms with E-state index in [1.807, 2.05) is 0 Å². The lowest BCUT2D eigenvalue weighted by molar-refractivity contribution is -0.126. The first-order valence-corrected chi connectivity index (χ1v) is 8.75. The third-order valence-electron chi connectivity index (χ3n) is 4.48. The molecule has 2 amide bonds. The minimum absolute atomic E-state index is 0.0393. The van der Waals surface area contributed by atoms with Gasteiger partial charge in [-0.15, -0.1) is 0 Å². The third-order valence-corrected chi connectivity index (χ3v) is 4.48. The van der Waals surface area contributed by atoms with Gasteiger partial charge in [-0.2, -0.15) is 0 Å². The van der Waals surface area contributed by atoms with E-state index < -0.39 is 0 Å². The van der Waals surface area contributed by atoms with Crippen molar-refractivity contribution in [2.75, 3.05) is 13.1 Å². The van der Waals surface area contributed by atoms with Gasteiger partial charge < -0.3 is 10.6 Å². The van der Waals surface area contributed by atoms with E-state index in [0.717, 1.165) is 32.1 Å². The van der Waals surface area contributed by atoms with Gasteiger partial charge in [-0.1, -0.05) is 49.1 Å². The quantitative estimate of drug-likeness (QED) is 0.760. The normalized spacial score (nSPS) is 15.2. The number of aryl methyl sites for hydroxylation is 2. The predicted octanol–water partition coefficient (Wildman–Crippen LogP) is 2.74. The van der Waals surface area contributed by atoms with Gasteiger partial charge in [0.05, 0.1) is 0 Å². The zero-order valence-electron chi connectivity index (χ0n) is 14.1. The lowest BCUT2D eigenvalue weighted by atomic mass is 9.89. The van der Waals surface area contributed by atoms with Crippen molar-refractivity contribution in [2.24, 2.45) is 5.92 Å². The Bertz CT molecular complexity index is 505. The zero-order chi connectivity index (χ0) is 16.5. The van der Waals surface area contributed by atoms with Crippen LogP contribution in [0.25, 0.3) is 0 Å². The molecule has 0 spiro atoms. The fraction of sp³-hybridized carbons (Fsp3) is 0.579. The second-order valence-electron chi connectivity index (χ2n) is 6.46. The maximum Gasteiger partial charge on any atom is 0.223 e. The molecule has 1 saturated carbocycles. The van der Waals surface area contributed by atoms with Crippen LogP contribution in [0.3, 0.4) is 0 Å². The number of hydrogen-bond donors (Lipinski definition) is 2. The Hall–Kier alpha value is -1.84. The summed E-state index contributed by atoms with van der Waals surface area (Å²) in [5.74, 6) is 0.372. The van der Waals surface area contributed by atoms with E-state index in [1.165, 1.54) is 17.5 Å². The molecular formula is C19H28N2O2. The molecule has 1 aromatic carbocycles. The van der Waals surface area contributed by atoms with Crippen molar-refractivity contribution in [3.8, 4) is 0 Å². The van der Waals surface area contributed by atoms with Crippen LogP contribution in [0.5, 0.6) is 0 Å². The van der Waals surface area contributed by atoms with Crippen molar-refractivity contribution in [1.29, 1.82) is 0 Å². The van der Waals surface area contributed by atoms with Crippen LogP contribution in [0.15, 0.2) is 24.3 Å². The van der Waals surface area contributed by atoms with E-state index in [9.17, 15) is 9.59 Å². The summed E-state index contributed by atoms with van der Waals surface area (Å²) >= 11 is 0. The summed E-state index contributed by atoms with van der Waals surface area (Å²) in [6.07, 6.45) is 6.83. The van der Waals surface area contributed by atoms with Gasteiger partial charge in [-0.05, 0) is 31.7 Å². The van der Waals surface area contributed by atoms with Crippen molar-refractivity contribution in [1.82, 2.24) is 10.6 Å². The SMILES string of the molecule is Cc1ccc(CCC(=O)NCCNC(=O)C2CCCCC2)cc1. The van der Waals surface area contributed by atoms with Crippen LogP contribution >= 0.6 is 0 Å². The van der Waals surface area contributed by atoms with Crippen molar-refractivity contribution in [2.45, 2.75) is 51.9 Å². The minimum atomic E-state index is 0.0393. The number of amides is 2. The highest BCUT2D eigenvalue weighted by molar-refractivity contribution is 5.79. The molecule has 0 aliphatic heterocycles. The Morgan fingerprint density at radius 2 is 1.65 bits per heavy atom. The molecule has 0 heterocycles. The molecule has 4 nitrogen and oxygen atoms in total.